The first-order valence-corrected chi connectivity index (χ1v) is 9.08. The molecule has 0 aliphatic carbocycles. The fourth-order valence-electron chi connectivity index (χ4n) is 2.58. The van der Waals surface area contributed by atoms with E-state index >= 15 is 0 Å². The van der Waals surface area contributed by atoms with E-state index in [1.165, 1.54) is 0 Å². The third-order valence-electron chi connectivity index (χ3n) is 4.19. The largest absolute Gasteiger partial charge is 0.454 e. The van der Waals surface area contributed by atoms with Gasteiger partial charge in [0.25, 0.3) is 0 Å². The smallest absolute Gasteiger partial charge is 0.340 e. The van der Waals surface area contributed by atoms with Gasteiger partial charge in [-0.3, -0.25) is 4.79 Å². The first-order chi connectivity index (χ1) is 14.0. The number of nitrogens with zero attached hydrogens (tertiary/aromatic N) is 3. The maximum atomic E-state index is 12.5. The van der Waals surface area contributed by atoms with Crippen molar-refractivity contribution in [1.29, 1.82) is 0 Å². The van der Waals surface area contributed by atoms with Gasteiger partial charge in [0.1, 0.15) is 5.69 Å². The summed E-state index contributed by atoms with van der Waals surface area (Å²) in [7, 11) is 3.92. The zero-order chi connectivity index (χ0) is 20.6. The quantitative estimate of drug-likeness (QED) is 0.317. The van der Waals surface area contributed by atoms with Crippen molar-refractivity contribution in [3.8, 4) is 0 Å². The summed E-state index contributed by atoms with van der Waals surface area (Å²) in [5.41, 5.74) is 2.84. The summed E-state index contributed by atoms with van der Waals surface area (Å²) in [6.45, 7) is -0.333. The number of ketones is 1. The fourth-order valence-corrected chi connectivity index (χ4v) is 2.58. The van der Waals surface area contributed by atoms with Crippen molar-refractivity contribution in [2.75, 3.05) is 25.6 Å². The number of benzene rings is 3. The zero-order valence-corrected chi connectivity index (χ0v) is 16.3. The SMILES string of the molecule is CN(C)c1ccc(N=Nc2ccccc2C(=O)OCC(=O)c2ccccc2)cc1. The molecular weight excluding hydrogens is 366 g/mol. The molecule has 0 radical (unpaired) electrons. The average molecular weight is 387 g/mol. The van der Waals surface area contributed by atoms with Gasteiger partial charge in [0.15, 0.2) is 12.4 Å². The van der Waals surface area contributed by atoms with Crippen LogP contribution >= 0.6 is 0 Å². The van der Waals surface area contributed by atoms with E-state index in [1.807, 2.05) is 49.3 Å². The van der Waals surface area contributed by atoms with Crippen LogP contribution in [0.25, 0.3) is 0 Å². The predicted molar refractivity (Wildman–Crippen MR) is 112 cm³/mol. The van der Waals surface area contributed by atoms with E-state index in [4.69, 9.17) is 4.74 Å². The van der Waals surface area contributed by atoms with Crippen LogP contribution in [0.5, 0.6) is 0 Å². The number of Topliss-reactive ketones (excluding diaryl/α,β-unsaturated/α-hetero) is 1. The van der Waals surface area contributed by atoms with Crippen molar-refractivity contribution in [2.45, 2.75) is 0 Å². The van der Waals surface area contributed by atoms with E-state index < -0.39 is 5.97 Å². The maximum Gasteiger partial charge on any atom is 0.340 e. The number of ether oxygens (including phenoxy) is 1. The third-order valence-corrected chi connectivity index (χ3v) is 4.19. The summed E-state index contributed by atoms with van der Waals surface area (Å²) in [4.78, 5) is 26.6. The van der Waals surface area contributed by atoms with Crippen molar-refractivity contribution in [2.24, 2.45) is 10.2 Å². The standard InChI is InChI=1S/C23H21N3O3/c1-26(2)19-14-12-18(13-15-19)24-25-21-11-7-6-10-20(21)23(28)29-16-22(27)17-8-4-3-5-9-17/h3-15H,16H2,1-2H3. The van der Waals surface area contributed by atoms with Crippen molar-refractivity contribution in [3.05, 3.63) is 90.0 Å². The van der Waals surface area contributed by atoms with Crippen LogP contribution in [-0.4, -0.2) is 32.5 Å². The van der Waals surface area contributed by atoms with Crippen LogP contribution in [0, 0.1) is 0 Å². The zero-order valence-electron chi connectivity index (χ0n) is 16.3. The maximum absolute atomic E-state index is 12.5. The van der Waals surface area contributed by atoms with Gasteiger partial charge in [0.05, 0.1) is 11.3 Å². The van der Waals surface area contributed by atoms with Gasteiger partial charge in [-0.2, -0.15) is 5.11 Å². The monoisotopic (exact) mass is 387 g/mol. The minimum Gasteiger partial charge on any atom is -0.454 e. The molecule has 0 N–H and O–H groups in total. The summed E-state index contributed by atoms with van der Waals surface area (Å²) >= 11 is 0. The highest BCUT2D eigenvalue weighted by Gasteiger charge is 2.15. The number of anilines is 1. The molecule has 146 valence electrons. The van der Waals surface area contributed by atoms with Crippen molar-refractivity contribution in [1.82, 2.24) is 0 Å². The number of azo groups is 1. The van der Waals surface area contributed by atoms with Gasteiger partial charge in [-0.15, -0.1) is 5.11 Å². The number of hydrogen-bond acceptors (Lipinski definition) is 6. The van der Waals surface area contributed by atoms with Crippen LogP contribution in [0.3, 0.4) is 0 Å². The Bertz CT molecular complexity index is 1010. The van der Waals surface area contributed by atoms with Crippen LogP contribution in [-0.2, 0) is 4.74 Å². The molecule has 0 fully saturated rings. The second-order valence-corrected chi connectivity index (χ2v) is 6.49. The molecule has 29 heavy (non-hydrogen) atoms. The molecule has 0 unspecified atom stereocenters. The lowest BCUT2D eigenvalue weighted by Gasteiger charge is -2.11. The van der Waals surface area contributed by atoms with E-state index in [2.05, 4.69) is 10.2 Å². The second kappa shape index (κ2) is 9.41. The molecule has 0 amide bonds. The van der Waals surface area contributed by atoms with E-state index in [0.717, 1.165) is 5.69 Å². The van der Waals surface area contributed by atoms with Crippen LogP contribution in [0.2, 0.25) is 0 Å². The van der Waals surface area contributed by atoms with Crippen molar-refractivity contribution < 1.29 is 14.3 Å². The molecule has 0 spiro atoms. The first kappa shape index (κ1) is 19.9. The third kappa shape index (κ3) is 5.35. The number of esters is 1. The van der Waals surface area contributed by atoms with E-state index in [1.54, 1.807) is 48.5 Å². The Hall–Kier alpha value is -3.80. The molecular formula is C23H21N3O3. The summed E-state index contributed by atoms with van der Waals surface area (Å²) in [6, 6.07) is 23.0. The fraction of sp³-hybridized carbons (Fsp3) is 0.130. The molecule has 0 bridgehead atoms. The lowest BCUT2D eigenvalue weighted by atomic mass is 10.1. The Morgan fingerprint density at radius 3 is 2.17 bits per heavy atom. The molecule has 0 heterocycles. The normalized spacial score (nSPS) is 10.7. The van der Waals surface area contributed by atoms with Crippen molar-refractivity contribution >= 4 is 28.8 Å². The Morgan fingerprint density at radius 1 is 0.828 bits per heavy atom. The number of hydrogen-bond donors (Lipinski definition) is 0. The van der Waals surface area contributed by atoms with Crippen LogP contribution in [0.4, 0.5) is 17.1 Å². The molecule has 6 heteroatoms. The summed E-state index contributed by atoms with van der Waals surface area (Å²) in [6.07, 6.45) is 0. The summed E-state index contributed by atoms with van der Waals surface area (Å²) < 4.78 is 5.18. The summed E-state index contributed by atoms with van der Waals surface area (Å²) in [5, 5.41) is 8.38. The number of carbonyl (C=O) groups excluding carboxylic acids is 2. The van der Waals surface area contributed by atoms with Gasteiger partial charge < -0.3 is 9.64 Å². The van der Waals surface area contributed by atoms with Crippen LogP contribution in [0.15, 0.2) is 89.1 Å². The van der Waals surface area contributed by atoms with Gasteiger partial charge in [-0.05, 0) is 36.4 Å². The molecule has 6 nitrogen and oxygen atoms in total. The Morgan fingerprint density at radius 2 is 1.48 bits per heavy atom. The Labute approximate surface area is 169 Å². The molecule has 0 saturated carbocycles. The lowest BCUT2D eigenvalue weighted by Crippen LogP contribution is -2.14. The molecule has 3 aromatic rings. The first-order valence-electron chi connectivity index (χ1n) is 9.08. The number of rotatable bonds is 7. The Kier molecular flexibility index (Phi) is 6.47. The highest BCUT2D eigenvalue weighted by molar-refractivity contribution is 6.00. The molecule has 3 aromatic carbocycles. The highest BCUT2D eigenvalue weighted by Crippen LogP contribution is 2.24. The minimum atomic E-state index is -0.619. The van der Waals surface area contributed by atoms with Crippen LogP contribution in [0.1, 0.15) is 20.7 Å². The van der Waals surface area contributed by atoms with Crippen LogP contribution < -0.4 is 4.90 Å². The van der Waals surface area contributed by atoms with Gasteiger partial charge in [0, 0.05) is 25.3 Å². The highest BCUT2D eigenvalue weighted by atomic mass is 16.5. The molecule has 0 aliphatic heterocycles. The minimum absolute atomic E-state index is 0.252. The lowest BCUT2D eigenvalue weighted by molar-refractivity contribution is 0.0475. The van der Waals surface area contributed by atoms with Gasteiger partial charge in [0.2, 0.25) is 0 Å². The number of carbonyl (C=O) groups is 2. The molecule has 0 aliphatic rings. The topological polar surface area (TPSA) is 71.3 Å². The van der Waals surface area contributed by atoms with Gasteiger partial charge in [-0.25, -0.2) is 4.79 Å². The molecule has 0 aromatic heterocycles. The summed E-state index contributed by atoms with van der Waals surface area (Å²) in [5.74, 6) is -0.883. The van der Waals surface area contributed by atoms with E-state index in [0.29, 0.717) is 16.9 Å². The molecule has 0 saturated heterocycles. The van der Waals surface area contributed by atoms with Gasteiger partial charge >= 0.3 is 5.97 Å². The van der Waals surface area contributed by atoms with E-state index in [-0.39, 0.29) is 18.0 Å². The van der Waals surface area contributed by atoms with Gasteiger partial charge in [-0.1, -0.05) is 42.5 Å². The Balaban J connectivity index is 1.69. The molecule has 3 rings (SSSR count). The second-order valence-electron chi connectivity index (χ2n) is 6.49. The average Bonchev–Trinajstić information content (AvgIpc) is 2.77. The predicted octanol–water partition coefficient (Wildman–Crippen LogP) is 5.21. The van der Waals surface area contributed by atoms with E-state index in [9.17, 15) is 9.59 Å². The van der Waals surface area contributed by atoms with Crippen molar-refractivity contribution in [3.63, 3.8) is 0 Å². The molecule has 0 atom stereocenters.